The van der Waals surface area contributed by atoms with Gasteiger partial charge in [0.15, 0.2) is 0 Å². The highest BCUT2D eigenvalue weighted by molar-refractivity contribution is 7.89. The molecule has 0 spiro atoms. The molecule has 0 fully saturated rings. The van der Waals surface area contributed by atoms with Crippen LogP contribution in [0.25, 0.3) is 0 Å². The van der Waals surface area contributed by atoms with E-state index >= 15 is 0 Å². The zero-order chi connectivity index (χ0) is 34.1. The number of esters is 2. The second-order valence-corrected chi connectivity index (χ2v) is 12.6. The highest BCUT2D eigenvalue weighted by Gasteiger charge is 2.30. The number of benzene rings is 1. The fourth-order valence-electron chi connectivity index (χ4n) is 4.10. The second-order valence-electron chi connectivity index (χ2n) is 10.7. The number of sulfonamides is 1. The molecular formula is C31H41N5O8S. The first-order chi connectivity index (χ1) is 21.0. The molecular weight excluding hydrogens is 602 g/mol. The van der Waals surface area contributed by atoms with Crippen molar-refractivity contribution in [2.75, 3.05) is 23.9 Å². The van der Waals surface area contributed by atoms with E-state index in [0.717, 1.165) is 15.3 Å². The van der Waals surface area contributed by atoms with Crippen LogP contribution in [-0.4, -0.2) is 59.6 Å². The Balaban J connectivity index is 2.34. The largest absolute Gasteiger partial charge is 0.493 e. The van der Waals surface area contributed by atoms with Gasteiger partial charge in [-0.05, 0) is 65.3 Å². The van der Waals surface area contributed by atoms with Crippen LogP contribution in [0, 0.1) is 18.3 Å². The van der Waals surface area contributed by atoms with E-state index in [-0.39, 0.29) is 52.5 Å². The highest BCUT2D eigenvalue weighted by atomic mass is 32.2. The Morgan fingerprint density at radius 3 is 2.00 bits per heavy atom. The molecule has 0 aliphatic rings. The van der Waals surface area contributed by atoms with Crippen molar-refractivity contribution in [2.24, 2.45) is 0 Å². The van der Waals surface area contributed by atoms with E-state index in [1.54, 1.807) is 0 Å². The van der Waals surface area contributed by atoms with Crippen LogP contribution in [0.3, 0.4) is 0 Å². The number of unbranched alkanes of at least 4 members (excludes halogenated alkanes) is 1. The lowest BCUT2D eigenvalue weighted by atomic mass is 10.1. The lowest BCUT2D eigenvalue weighted by molar-refractivity contribution is -0.144. The van der Waals surface area contributed by atoms with Gasteiger partial charge in [-0.1, -0.05) is 26.5 Å². The molecule has 2 atom stereocenters. The van der Waals surface area contributed by atoms with Crippen LogP contribution >= 0.6 is 0 Å². The molecule has 1 heterocycles. The van der Waals surface area contributed by atoms with Gasteiger partial charge in [0.2, 0.25) is 15.9 Å². The van der Waals surface area contributed by atoms with Crippen molar-refractivity contribution >= 4 is 33.3 Å². The maximum atomic E-state index is 13.7. The van der Waals surface area contributed by atoms with Crippen molar-refractivity contribution in [3.05, 3.63) is 70.1 Å². The minimum Gasteiger partial charge on any atom is -0.493 e. The van der Waals surface area contributed by atoms with E-state index < -0.39 is 45.6 Å². The standard InChI is InChI=1S/C31H41N5O8S/c1-9-10-15-36-28(37)26(16-32)23(8)27(29(36)38)34-33-24-11-13-25(14-12-24)45(41,42)35(17-21(6)43-30(39)19(2)3)18-22(7)44-31(40)20(4)5/h11-14,21-22,33-34,37H,2,4,9-10,15,17-18H2,1,3,5-8H3. The Kier molecular flexibility index (Phi) is 12.9. The first kappa shape index (κ1) is 36.6. The van der Waals surface area contributed by atoms with Crippen molar-refractivity contribution in [3.63, 3.8) is 0 Å². The molecule has 0 saturated carbocycles. The maximum Gasteiger partial charge on any atom is 0.333 e. The molecule has 244 valence electrons. The van der Waals surface area contributed by atoms with E-state index in [1.165, 1.54) is 58.9 Å². The normalized spacial score (nSPS) is 12.5. The molecule has 13 nitrogen and oxygen atoms in total. The summed E-state index contributed by atoms with van der Waals surface area (Å²) in [5, 5.41) is 20.0. The summed E-state index contributed by atoms with van der Waals surface area (Å²) in [7, 11) is -4.19. The van der Waals surface area contributed by atoms with Gasteiger partial charge in [0.25, 0.3) is 5.56 Å². The molecule has 3 N–H and O–H groups in total. The summed E-state index contributed by atoms with van der Waals surface area (Å²) in [4.78, 5) is 37.0. The van der Waals surface area contributed by atoms with E-state index in [1.807, 2.05) is 13.0 Å². The molecule has 0 aliphatic heterocycles. The number of hydrazine groups is 1. The van der Waals surface area contributed by atoms with E-state index in [2.05, 4.69) is 24.0 Å². The number of carbonyl (C=O) groups excluding carboxylic acids is 2. The van der Waals surface area contributed by atoms with E-state index in [4.69, 9.17) is 9.47 Å². The van der Waals surface area contributed by atoms with Crippen LogP contribution in [-0.2, 0) is 35.6 Å². The monoisotopic (exact) mass is 643 g/mol. The van der Waals surface area contributed by atoms with Crippen LogP contribution in [0.4, 0.5) is 11.4 Å². The maximum absolute atomic E-state index is 13.7. The molecule has 0 aliphatic carbocycles. The summed E-state index contributed by atoms with van der Waals surface area (Å²) in [6.45, 7) is 16.3. The van der Waals surface area contributed by atoms with Gasteiger partial charge in [-0.2, -0.15) is 9.57 Å². The van der Waals surface area contributed by atoms with Gasteiger partial charge in [0.05, 0.1) is 23.7 Å². The number of aromatic nitrogens is 1. The van der Waals surface area contributed by atoms with Crippen LogP contribution in [0.1, 0.15) is 58.6 Å². The van der Waals surface area contributed by atoms with Crippen molar-refractivity contribution in [1.29, 1.82) is 5.26 Å². The lowest BCUT2D eigenvalue weighted by Crippen LogP contribution is -2.43. The molecule has 1 aromatic heterocycles. The summed E-state index contributed by atoms with van der Waals surface area (Å²) in [6.07, 6.45) is -0.324. The number of pyridine rings is 1. The zero-order valence-corrected chi connectivity index (χ0v) is 27.3. The molecule has 0 bridgehead atoms. The number of nitrogens with one attached hydrogen (secondary N) is 2. The highest BCUT2D eigenvalue weighted by Crippen LogP contribution is 2.25. The molecule has 1 aromatic carbocycles. The number of hydrogen-bond donors (Lipinski definition) is 3. The van der Waals surface area contributed by atoms with Gasteiger partial charge < -0.3 is 20.0 Å². The van der Waals surface area contributed by atoms with Gasteiger partial charge in [-0.25, -0.2) is 18.0 Å². The number of ether oxygens (including phenoxy) is 2. The number of carbonyl (C=O) groups is 2. The molecule has 0 saturated heterocycles. The number of nitrogens with zero attached hydrogens (tertiary/aromatic N) is 3. The van der Waals surface area contributed by atoms with Gasteiger partial charge in [-0.3, -0.25) is 14.8 Å². The van der Waals surface area contributed by atoms with Crippen molar-refractivity contribution in [3.8, 4) is 11.9 Å². The van der Waals surface area contributed by atoms with Gasteiger partial charge in [0, 0.05) is 23.3 Å². The van der Waals surface area contributed by atoms with E-state index in [9.17, 15) is 33.2 Å². The Hall–Kier alpha value is -4.61. The van der Waals surface area contributed by atoms with Crippen molar-refractivity contribution in [1.82, 2.24) is 8.87 Å². The Morgan fingerprint density at radius 1 is 1.04 bits per heavy atom. The number of hydrogen-bond acceptors (Lipinski definition) is 11. The fourth-order valence-corrected chi connectivity index (χ4v) is 5.69. The lowest BCUT2D eigenvalue weighted by Gasteiger charge is -2.28. The molecule has 14 heteroatoms. The minimum absolute atomic E-state index is 0.0390. The predicted molar refractivity (Wildman–Crippen MR) is 170 cm³/mol. The summed E-state index contributed by atoms with van der Waals surface area (Å²) in [5.41, 5.74) is 6.06. The molecule has 2 rings (SSSR count). The minimum atomic E-state index is -4.19. The zero-order valence-electron chi connectivity index (χ0n) is 26.5. The summed E-state index contributed by atoms with van der Waals surface area (Å²) >= 11 is 0. The number of rotatable bonds is 16. The van der Waals surface area contributed by atoms with Crippen molar-refractivity contribution < 1.29 is 32.6 Å². The molecule has 45 heavy (non-hydrogen) atoms. The van der Waals surface area contributed by atoms with Gasteiger partial charge >= 0.3 is 11.9 Å². The Labute approximate surface area is 263 Å². The molecule has 2 aromatic rings. The van der Waals surface area contributed by atoms with E-state index in [0.29, 0.717) is 12.1 Å². The first-order valence-corrected chi connectivity index (χ1v) is 15.7. The number of anilines is 2. The van der Waals surface area contributed by atoms with Crippen LogP contribution in [0.2, 0.25) is 0 Å². The van der Waals surface area contributed by atoms with Crippen LogP contribution in [0.5, 0.6) is 5.88 Å². The number of aromatic hydroxyl groups is 1. The smallest absolute Gasteiger partial charge is 0.333 e. The molecule has 0 amide bonds. The summed E-state index contributed by atoms with van der Waals surface area (Å²) in [5.74, 6) is -1.75. The van der Waals surface area contributed by atoms with Crippen LogP contribution in [0.15, 0.2) is 58.3 Å². The number of nitriles is 1. The Bertz CT molecular complexity index is 1610. The van der Waals surface area contributed by atoms with Crippen molar-refractivity contribution in [2.45, 2.75) is 78.0 Å². The van der Waals surface area contributed by atoms with Gasteiger partial charge in [0.1, 0.15) is 29.5 Å². The fraction of sp³-hybridized carbons (Fsp3) is 0.419. The summed E-state index contributed by atoms with van der Waals surface area (Å²) in [6, 6.07) is 7.53. The molecule has 0 radical (unpaired) electrons. The predicted octanol–water partition coefficient (Wildman–Crippen LogP) is 3.98. The first-order valence-electron chi connectivity index (χ1n) is 14.3. The average molecular weight is 644 g/mol. The third kappa shape index (κ3) is 9.44. The molecule has 2 unspecified atom stereocenters. The Morgan fingerprint density at radius 2 is 1.56 bits per heavy atom. The van der Waals surface area contributed by atoms with Crippen LogP contribution < -0.4 is 16.4 Å². The average Bonchev–Trinajstić information content (AvgIpc) is 2.96. The second kappa shape index (κ2) is 15.9. The van der Waals surface area contributed by atoms with Gasteiger partial charge in [-0.15, -0.1) is 0 Å². The quantitative estimate of drug-likeness (QED) is 0.137. The third-order valence-corrected chi connectivity index (χ3v) is 8.44. The topological polar surface area (TPSA) is 180 Å². The summed E-state index contributed by atoms with van der Waals surface area (Å²) < 4.78 is 40.2. The SMILES string of the molecule is C=C(C)C(=O)OC(C)CN(CC(C)OC(=O)C(=C)C)S(=O)(=O)c1ccc(NNc2c(C)c(C#N)c(O)n(CCCC)c2=O)cc1. The third-order valence-electron chi connectivity index (χ3n) is 6.59.